The topological polar surface area (TPSA) is 21.3 Å². The number of alkyl halides is 4. The standard InChI is InChI=1S/C11H21F4NO/c1-10(2,3)4-5-16-6-7-17-8-11(14,15)9(12)13/h9,16H,4-8H2,1-3H3. The van der Waals surface area contributed by atoms with E-state index in [4.69, 9.17) is 0 Å². The lowest BCUT2D eigenvalue weighted by Gasteiger charge is -2.18. The average Bonchev–Trinajstić information content (AvgIpc) is 2.14. The largest absolute Gasteiger partial charge is 0.374 e. The molecule has 0 aromatic carbocycles. The molecular formula is C11H21F4NO. The van der Waals surface area contributed by atoms with Gasteiger partial charge in [-0.15, -0.1) is 0 Å². The van der Waals surface area contributed by atoms with Gasteiger partial charge in [-0.05, 0) is 18.4 Å². The van der Waals surface area contributed by atoms with Crippen molar-refractivity contribution < 1.29 is 22.3 Å². The second kappa shape index (κ2) is 7.16. The molecule has 0 rings (SSSR count). The Morgan fingerprint density at radius 1 is 1.12 bits per heavy atom. The molecule has 17 heavy (non-hydrogen) atoms. The molecule has 0 radical (unpaired) electrons. The minimum atomic E-state index is -4.05. The molecule has 0 saturated heterocycles. The maximum atomic E-state index is 12.4. The first-order valence-corrected chi connectivity index (χ1v) is 5.59. The van der Waals surface area contributed by atoms with Gasteiger partial charge in [0.05, 0.1) is 6.61 Å². The first-order valence-electron chi connectivity index (χ1n) is 5.59. The molecule has 0 aliphatic heterocycles. The number of rotatable bonds is 8. The van der Waals surface area contributed by atoms with Crippen LogP contribution in [0, 0.1) is 5.41 Å². The summed E-state index contributed by atoms with van der Waals surface area (Å²) in [6.07, 6.45) is -2.73. The molecule has 6 heteroatoms. The molecule has 0 aliphatic carbocycles. The van der Waals surface area contributed by atoms with Crippen molar-refractivity contribution in [2.75, 3.05) is 26.3 Å². The summed E-state index contributed by atoms with van der Waals surface area (Å²) in [6.45, 7) is 6.18. The van der Waals surface area contributed by atoms with Gasteiger partial charge in [0.25, 0.3) is 0 Å². The fraction of sp³-hybridized carbons (Fsp3) is 1.00. The first-order chi connectivity index (χ1) is 7.65. The Morgan fingerprint density at radius 2 is 1.71 bits per heavy atom. The Balaban J connectivity index is 3.42. The summed E-state index contributed by atoms with van der Waals surface area (Å²) in [6, 6.07) is 0. The Labute approximate surface area is 99.7 Å². The van der Waals surface area contributed by atoms with Crippen LogP contribution in [0.1, 0.15) is 27.2 Å². The first kappa shape index (κ1) is 16.6. The lowest BCUT2D eigenvalue weighted by Crippen LogP contribution is -2.33. The number of hydrogen-bond donors (Lipinski definition) is 1. The zero-order chi connectivity index (χ0) is 13.5. The Kier molecular flexibility index (Phi) is 7.01. The highest BCUT2D eigenvalue weighted by molar-refractivity contribution is 4.68. The molecule has 0 saturated carbocycles. The van der Waals surface area contributed by atoms with Crippen LogP contribution in [0.5, 0.6) is 0 Å². The summed E-state index contributed by atoms with van der Waals surface area (Å²) < 4.78 is 52.7. The highest BCUT2D eigenvalue weighted by Crippen LogP contribution is 2.22. The van der Waals surface area contributed by atoms with Gasteiger partial charge in [-0.2, -0.15) is 8.78 Å². The van der Waals surface area contributed by atoms with Crippen LogP contribution in [0.25, 0.3) is 0 Å². The van der Waals surface area contributed by atoms with Crippen LogP contribution in [0.4, 0.5) is 17.6 Å². The molecular weight excluding hydrogens is 238 g/mol. The smallest absolute Gasteiger partial charge is 0.330 e. The monoisotopic (exact) mass is 259 g/mol. The number of ether oxygens (including phenoxy) is 1. The second-order valence-electron chi connectivity index (χ2n) is 5.17. The molecule has 0 heterocycles. The molecule has 1 N–H and O–H groups in total. The van der Waals surface area contributed by atoms with Crippen molar-refractivity contribution in [1.82, 2.24) is 5.32 Å². The Morgan fingerprint density at radius 3 is 2.18 bits per heavy atom. The second-order valence-corrected chi connectivity index (χ2v) is 5.17. The van der Waals surface area contributed by atoms with E-state index in [0.29, 0.717) is 6.54 Å². The van der Waals surface area contributed by atoms with Crippen LogP contribution in [-0.4, -0.2) is 38.7 Å². The molecule has 0 unspecified atom stereocenters. The molecule has 0 aromatic heterocycles. The molecule has 0 fully saturated rings. The van der Waals surface area contributed by atoms with E-state index < -0.39 is 19.0 Å². The minimum Gasteiger partial charge on any atom is -0.374 e. The summed E-state index contributed by atoms with van der Waals surface area (Å²) in [5.74, 6) is -4.05. The van der Waals surface area contributed by atoms with Crippen molar-refractivity contribution in [1.29, 1.82) is 0 Å². The van der Waals surface area contributed by atoms with Crippen LogP contribution >= 0.6 is 0 Å². The van der Waals surface area contributed by atoms with Gasteiger partial charge >= 0.3 is 12.3 Å². The van der Waals surface area contributed by atoms with Crippen LogP contribution in [-0.2, 0) is 4.74 Å². The fourth-order valence-corrected chi connectivity index (χ4v) is 1.00. The van der Waals surface area contributed by atoms with Gasteiger partial charge in [0.15, 0.2) is 0 Å². The SMILES string of the molecule is CC(C)(C)CCNCCOCC(F)(F)C(F)F. The fourth-order valence-electron chi connectivity index (χ4n) is 1.00. The molecule has 104 valence electrons. The van der Waals surface area contributed by atoms with Crippen molar-refractivity contribution >= 4 is 0 Å². The van der Waals surface area contributed by atoms with E-state index in [1.165, 1.54) is 0 Å². The molecule has 0 bridgehead atoms. The van der Waals surface area contributed by atoms with Crippen molar-refractivity contribution in [2.24, 2.45) is 5.41 Å². The third-order valence-corrected chi connectivity index (χ3v) is 2.09. The highest BCUT2D eigenvalue weighted by Gasteiger charge is 2.40. The summed E-state index contributed by atoms with van der Waals surface area (Å²) >= 11 is 0. The number of halogens is 4. The highest BCUT2D eigenvalue weighted by atomic mass is 19.3. The predicted octanol–water partition coefficient (Wildman–Crippen LogP) is 2.93. The Bertz CT molecular complexity index is 204. The van der Waals surface area contributed by atoms with Crippen molar-refractivity contribution in [3.8, 4) is 0 Å². The zero-order valence-electron chi connectivity index (χ0n) is 10.5. The summed E-state index contributed by atoms with van der Waals surface area (Å²) in [5.41, 5.74) is 0.205. The van der Waals surface area contributed by atoms with Crippen LogP contribution in [0.15, 0.2) is 0 Å². The van der Waals surface area contributed by atoms with Gasteiger partial charge in [-0.25, -0.2) is 8.78 Å². The maximum Gasteiger partial charge on any atom is 0.330 e. The summed E-state index contributed by atoms with van der Waals surface area (Å²) in [7, 11) is 0. The van der Waals surface area contributed by atoms with E-state index in [1.54, 1.807) is 0 Å². The summed E-state index contributed by atoms with van der Waals surface area (Å²) in [5, 5.41) is 3.00. The number of hydrogen-bond acceptors (Lipinski definition) is 2. The molecule has 0 spiro atoms. The third-order valence-electron chi connectivity index (χ3n) is 2.09. The predicted molar refractivity (Wildman–Crippen MR) is 58.7 cm³/mol. The van der Waals surface area contributed by atoms with Crippen LogP contribution in [0.3, 0.4) is 0 Å². The van der Waals surface area contributed by atoms with E-state index in [2.05, 4.69) is 30.8 Å². The number of nitrogens with one attached hydrogen (secondary N) is 1. The van der Waals surface area contributed by atoms with Gasteiger partial charge in [0, 0.05) is 6.54 Å². The lowest BCUT2D eigenvalue weighted by molar-refractivity contribution is -0.165. The minimum absolute atomic E-state index is 0.00640. The Hall–Kier alpha value is -0.360. The molecule has 0 aromatic rings. The van der Waals surface area contributed by atoms with Crippen LogP contribution in [0.2, 0.25) is 0 Å². The van der Waals surface area contributed by atoms with Gasteiger partial charge in [0.1, 0.15) is 6.61 Å². The average molecular weight is 259 g/mol. The van der Waals surface area contributed by atoms with Crippen LogP contribution < -0.4 is 5.32 Å². The van der Waals surface area contributed by atoms with Crippen molar-refractivity contribution in [2.45, 2.75) is 39.5 Å². The van der Waals surface area contributed by atoms with E-state index in [-0.39, 0.29) is 12.0 Å². The normalized spacial score (nSPS) is 13.4. The molecule has 0 atom stereocenters. The van der Waals surface area contributed by atoms with Gasteiger partial charge in [-0.1, -0.05) is 20.8 Å². The van der Waals surface area contributed by atoms with Crippen molar-refractivity contribution in [3.63, 3.8) is 0 Å². The quantitative estimate of drug-likeness (QED) is 0.534. The molecule has 0 aliphatic rings. The van der Waals surface area contributed by atoms with Crippen molar-refractivity contribution in [3.05, 3.63) is 0 Å². The molecule has 2 nitrogen and oxygen atoms in total. The van der Waals surface area contributed by atoms with E-state index in [9.17, 15) is 17.6 Å². The summed E-state index contributed by atoms with van der Waals surface area (Å²) in [4.78, 5) is 0. The molecule has 0 amide bonds. The lowest BCUT2D eigenvalue weighted by atomic mass is 9.92. The van der Waals surface area contributed by atoms with E-state index >= 15 is 0 Å². The van der Waals surface area contributed by atoms with Gasteiger partial charge in [0.2, 0.25) is 0 Å². The van der Waals surface area contributed by atoms with E-state index in [1.807, 2.05) is 0 Å². The zero-order valence-corrected chi connectivity index (χ0v) is 10.5. The van der Waals surface area contributed by atoms with Gasteiger partial charge < -0.3 is 10.1 Å². The van der Waals surface area contributed by atoms with Gasteiger partial charge in [-0.3, -0.25) is 0 Å². The van der Waals surface area contributed by atoms with E-state index in [0.717, 1.165) is 13.0 Å². The third kappa shape index (κ3) is 9.35. The maximum absolute atomic E-state index is 12.4.